The normalized spacial score (nSPS) is 20.6. The van der Waals surface area contributed by atoms with E-state index in [4.69, 9.17) is 22.8 Å². The van der Waals surface area contributed by atoms with E-state index in [1.165, 1.54) is 0 Å². The van der Waals surface area contributed by atoms with Gasteiger partial charge in [-0.3, -0.25) is 0 Å². The summed E-state index contributed by atoms with van der Waals surface area (Å²) in [7, 11) is -2.75. The maximum absolute atomic E-state index is 5.92. The van der Waals surface area contributed by atoms with Crippen molar-refractivity contribution < 1.29 is 22.8 Å². The van der Waals surface area contributed by atoms with E-state index in [-0.39, 0.29) is 12.2 Å². The number of hydrogen-bond acceptors (Lipinski definition) is 5. The molecule has 6 heteroatoms. The molecule has 21 heavy (non-hydrogen) atoms. The lowest BCUT2D eigenvalue weighted by Gasteiger charge is -2.27. The Labute approximate surface area is 129 Å². The van der Waals surface area contributed by atoms with E-state index >= 15 is 0 Å². The van der Waals surface area contributed by atoms with Gasteiger partial charge in [0.15, 0.2) is 0 Å². The van der Waals surface area contributed by atoms with Crippen molar-refractivity contribution >= 4 is 8.80 Å². The van der Waals surface area contributed by atoms with Crippen LogP contribution >= 0.6 is 0 Å². The summed E-state index contributed by atoms with van der Waals surface area (Å²) in [4.78, 5) is 0. The Morgan fingerprint density at radius 1 is 1.14 bits per heavy atom. The zero-order valence-electron chi connectivity index (χ0n) is 14.0. The average Bonchev–Trinajstić information content (AvgIpc) is 3.24. The molecule has 1 saturated heterocycles. The minimum atomic E-state index is -2.75. The molecular formula is C15H30O5Si. The molecule has 5 nitrogen and oxygen atoms in total. The van der Waals surface area contributed by atoms with Gasteiger partial charge in [-0.25, -0.2) is 0 Å². The average molecular weight is 318 g/mol. The van der Waals surface area contributed by atoms with Crippen LogP contribution in [0.4, 0.5) is 0 Å². The molecule has 0 aromatic heterocycles. The summed E-state index contributed by atoms with van der Waals surface area (Å²) >= 11 is 0. The maximum Gasteiger partial charge on any atom is 0.529 e. The van der Waals surface area contributed by atoms with Gasteiger partial charge in [0.1, 0.15) is 6.10 Å². The van der Waals surface area contributed by atoms with Crippen molar-refractivity contribution in [1.82, 2.24) is 0 Å². The molecule has 2 atom stereocenters. The predicted molar refractivity (Wildman–Crippen MR) is 84.2 cm³/mol. The van der Waals surface area contributed by atoms with Crippen LogP contribution in [0, 0.1) is 0 Å². The third kappa shape index (κ3) is 6.59. The summed E-state index contributed by atoms with van der Waals surface area (Å²) in [6, 6.07) is 0. The molecule has 0 N–H and O–H groups in total. The van der Waals surface area contributed by atoms with Gasteiger partial charge >= 0.3 is 8.80 Å². The van der Waals surface area contributed by atoms with E-state index in [0.717, 1.165) is 18.6 Å². The fraction of sp³-hybridized carbons (Fsp3) is 0.867. The number of rotatable bonds is 12. The molecule has 1 fully saturated rings. The lowest BCUT2D eigenvalue weighted by atomic mass is 10.1. The predicted octanol–water partition coefficient (Wildman–Crippen LogP) is 2.71. The van der Waals surface area contributed by atoms with E-state index in [9.17, 15) is 0 Å². The van der Waals surface area contributed by atoms with Crippen molar-refractivity contribution in [3.63, 3.8) is 0 Å². The molecule has 0 radical (unpaired) electrons. The molecule has 1 aliphatic heterocycles. The minimum Gasteiger partial charge on any atom is -0.371 e. The Morgan fingerprint density at radius 3 is 2.05 bits per heavy atom. The first kappa shape index (κ1) is 18.8. The van der Waals surface area contributed by atoms with Crippen LogP contribution in [0.3, 0.4) is 0 Å². The van der Waals surface area contributed by atoms with Crippen molar-refractivity contribution in [1.29, 1.82) is 0 Å². The number of ether oxygens (including phenoxy) is 2. The van der Waals surface area contributed by atoms with Crippen LogP contribution < -0.4 is 0 Å². The van der Waals surface area contributed by atoms with Gasteiger partial charge in [-0.2, -0.15) is 0 Å². The second kappa shape index (κ2) is 9.71. The highest BCUT2D eigenvalue weighted by Gasteiger charge is 2.39. The van der Waals surface area contributed by atoms with Crippen LogP contribution in [-0.4, -0.2) is 54.0 Å². The second-order valence-electron chi connectivity index (χ2n) is 4.98. The molecule has 0 aliphatic carbocycles. The van der Waals surface area contributed by atoms with Crippen molar-refractivity contribution in [2.75, 3.05) is 33.0 Å². The smallest absolute Gasteiger partial charge is 0.371 e. The van der Waals surface area contributed by atoms with E-state index < -0.39 is 8.80 Å². The van der Waals surface area contributed by atoms with Crippen LogP contribution in [0.25, 0.3) is 0 Å². The molecular weight excluding hydrogens is 288 g/mol. The van der Waals surface area contributed by atoms with Crippen molar-refractivity contribution in [2.24, 2.45) is 0 Å². The summed E-state index contributed by atoms with van der Waals surface area (Å²) in [5.74, 6) is 0. The highest BCUT2D eigenvalue weighted by molar-refractivity contribution is 6.66. The van der Waals surface area contributed by atoms with E-state index in [0.29, 0.717) is 26.4 Å². The Bertz CT molecular complexity index is 300. The van der Waals surface area contributed by atoms with Gasteiger partial charge in [0.05, 0.1) is 19.3 Å². The van der Waals surface area contributed by atoms with Crippen molar-refractivity contribution in [2.45, 2.75) is 53.2 Å². The monoisotopic (exact) mass is 318 g/mol. The van der Waals surface area contributed by atoms with Crippen LogP contribution in [0.1, 0.15) is 41.0 Å². The molecule has 0 saturated carbocycles. The van der Waals surface area contributed by atoms with Crippen molar-refractivity contribution in [3.05, 3.63) is 11.3 Å². The van der Waals surface area contributed by atoms with Crippen LogP contribution in [0.15, 0.2) is 11.3 Å². The molecule has 1 heterocycles. The molecule has 1 rings (SSSR count). The zero-order valence-corrected chi connectivity index (χ0v) is 15.0. The summed E-state index contributed by atoms with van der Waals surface area (Å²) in [5.41, 5.74) is 3.14. The highest BCUT2D eigenvalue weighted by atomic mass is 28.4. The SMILES string of the molecule is CCO[Si](C=C(C)C(CC)OCC1CO1)(OCC)OCC. The molecule has 0 spiro atoms. The summed E-state index contributed by atoms with van der Waals surface area (Å²) in [6.07, 6.45) is 1.24. The molecule has 124 valence electrons. The second-order valence-corrected chi connectivity index (χ2v) is 7.34. The van der Waals surface area contributed by atoms with Gasteiger partial charge in [0, 0.05) is 19.8 Å². The number of hydrogen-bond donors (Lipinski definition) is 0. The van der Waals surface area contributed by atoms with Crippen molar-refractivity contribution in [3.8, 4) is 0 Å². The van der Waals surface area contributed by atoms with Gasteiger partial charge in [-0.05, 0) is 45.4 Å². The van der Waals surface area contributed by atoms with Crippen LogP contribution in [0.2, 0.25) is 0 Å². The van der Waals surface area contributed by atoms with E-state index in [1.54, 1.807) is 0 Å². The standard InChI is InChI=1S/C15H30O5Si/c1-6-15(17-11-14-10-16-14)13(5)12-21(18-7-2,19-8-3)20-9-4/h12,14-15H,6-11H2,1-5H3. The lowest BCUT2D eigenvalue weighted by molar-refractivity contribution is 0.0602. The van der Waals surface area contributed by atoms with Gasteiger partial charge in [0.2, 0.25) is 0 Å². The Balaban J connectivity index is 2.76. The fourth-order valence-corrected chi connectivity index (χ4v) is 4.64. The summed E-state index contributed by atoms with van der Waals surface area (Å²) in [6.45, 7) is 13.2. The minimum absolute atomic E-state index is 0.0578. The topological polar surface area (TPSA) is 49.5 Å². The maximum atomic E-state index is 5.92. The quantitative estimate of drug-likeness (QED) is 0.409. The van der Waals surface area contributed by atoms with E-state index in [2.05, 4.69) is 13.8 Å². The molecule has 1 aliphatic rings. The first-order valence-electron chi connectivity index (χ1n) is 7.95. The summed E-state index contributed by atoms with van der Waals surface area (Å²) in [5, 5.41) is 0. The first-order chi connectivity index (χ1) is 10.1. The van der Waals surface area contributed by atoms with Crippen LogP contribution in [0.5, 0.6) is 0 Å². The molecule has 0 aromatic rings. The highest BCUT2D eigenvalue weighted by Crippen LogP contribution is 2.20. The zero-order chi connectivity index (χ0) is 15.7. The Morgan fingerprint density at radius 2 is 1.67 bits per heavy atom. The van der Waals surface area contributed by atoms with Crippen LogP contribution in [-0.2, 0) is 22.8 Å². The molecule has 0 bridgehead atoms. The number of epoxide rings is 1. The fourth-order valence-electron chi connectivity index (χ4n) is 2.18. The molecule has 0 amide bonds. The van der Waals surface area contributed by atoms with Gasteiger partial charge < -0.3 is 22.8 Å². The molecule has 2 unspecified atom stereocenters. The summed E-state index contributed by atoms with van der Waals surface area (Å²) < 4.78 is 28.7. The first-order valence-corrected chi connectivity index (χ1v) is 9.75. The molecule has 0 aromatic carbocycles. The van der Waals surface area contributed by atoms with Gasteiger partial charge in [-0.1, -0.05) is 6.92 Å². The third-order valence-corrected chi connectivity index (χ3v) is 6.09. The lowest BCUT2D eigenvalue weighted by Crippen LogP contribution is -2.45. The largest absolute Gasteiger partial charge is 0.529 e. The third-order valence-electron chi connectivity index (χ3n) is 3.21. The Hall–Kier alpha value is -0.243. The Kier molecular flexibility index (Phi) is 8.69. The van der Waals surface area contributed by atoms with E-state index in [1.807, 2.05) is 26.5 Å². The van der Waals surface area contributed by atoms with Gasteiger partial charge in [0.25, 0.3) is 0 Å². The van der Waals surface area contributed by atoms with Gasteiger partial charge in [-0.15, -0.1) is 0 Å².